The largest absolute Gasteiger partial charge is 0.365 e. The van der Waals surface area contributed by atoms with Crippen molar-refractivity contribution in [2.45, 2.75) is 44.6 Å². The lowest BCUT2D eigenvalue weighted by molar-refractivity contribution is 0.465. The topological polar surface area (TPSA) is 46.9 Å². The second-order valence-corrected chi connectivity index (χ2v) is 6.21. The van der Waals surface area contributed by atoms with Crippen molar-refractivity contribution in [2.24, 2.45) is 11.3 Å². The fourth-order valence-corrected chi connectivity index (χ4v) is 3.03. The van der Waals surface area contributed by atoms with E-state index in [1.807, 2.05) is 10.8 Å². The first-order valence-electron chi connectivity index (χ1n) is 7.10. The molecule has 0 aliphatic heterocycles. The highest BCUT2D eigenvalue weighted by atomic mass is 16.1. The number of aromatic nitrogens is 2. The summed E-state index contributed by atoms with van der Waals surface area (Å²) in [5.41, 5.74) is 0.570. The second-order valence-electron chi connectivity index (χ2n) is 6.21. The van der Waals surface area contributed by atoms with Crippen LogP contribution in [0, 0.1) is 11.3 Å². The van der Waals surface area contributed by atoms with Crippen molar-refractivity contribution in [3.8, 4) is 0 Å². The maximum Gasteiger partial charge on any atom is 0.293 e. The van der Waals surface area contributed by atoms with Crippen molar-refractivity contribution in [2.75, 3.05) is 11.9 Å². The highest BCUT2D eigenvalue weighted by molar-refractivity contribution is 5.32. The van der Waals surface area contributed by atoms with Crippen molar-refractivity contribution in [1.29, 1.82) is 0 Å². The molecule has 0 unspecified atom stereocenters. The van der Waals surface area contributed by atoms with Crippen LogP contribution in [0.5, 0.6) is 0 Å². The molecule has 4 nitrogen and oxygen atoms in total. The molecule has 1 aromatic heterocycles. The molecule has 0 aromatic carbocycles. The van der Waals surface area contributed by atoms with Crippen LogP contribution in [0.3, 0.4) is 0 Å². The van der Waals surface area contributed by atoms with Gasteiger partial charge in [-0.2, -0.15) is 0 Å². The highest BCUT2D eigenvalue weighted by Crippen LogP contribution is 2.61. The Balaban J connectivity index is 1.51. The summed E-state index contributed by atoms with van der Waals surface area (Å²) in [5, 5.41) is 3.32. The van der Waals surface area contributed by atoms with Crippen LogP contribution in [0.15, 0.2) is 17.2 Å². The molecule has 18 heavy (non-hydrogen) atoms. The summed E-state index contributed by atoms with van der Waals surface area (Å²) in [6.45, 7) is 0.939. The fourth-order valence-electron chi connectivity index (χ4n) is 3.03. The minimum absolute atomic E-state index is 0.0617. The number of hydrogen-bond donors (Lipinski definition) is 1. The van der Waals surface area contributed by atoms with Crippen LogP contribution in [0.1, 0.15) is 44.6 Å². The summed E-state index contributed by atoms with van der Waals surface area (Å²) >= 11 is 0. The minimum atomic E-state index is 0.0617. The van der Waals surface area contributed by atoms with Gasteiger partial charge in [0.1, 0.15) is 0 Å². The van der Waals surface area contributed by atoms with Crippen molar-refractivity contribution in [3.63, 3.8) is 0 Å². The lowest BCUT2D eigenvalue weighted by Crippen LogP contribution is -2.27. The number of anilines is 1. The second kappa shape index (κ2) is 3.59. The molecule has 3 aliphatic rings. The standard InChI is InChI=1S/C14H19N3O/c18-13-12(15-7-8-17(13)11-3-4-11)16-9-14(5-6-14)10-1-2-10/h7-8,10-11H,1-6,9H2,(H,15,16). The van der Waals surface area contributed by atoms with E-state index in [1.54, 1.807) is 6.20 Å². The number of nitrogens with zero attached hydrogens (tertiary/aromatic N) is 2. The summed E-state index contributed by atoms with van der Waals surface area (Å²) in [6.07, 6.45) is 11.3. The molecular formula is C14H19N3O. The monoisotopic (exact) mass is 245 g/mol. The molecule has 0 saturated heterocycles. The van der Waals surface area contributed by atoms with Crippen molar-refractivity contribution in [3.05, 3.63) is 22.7 Å². The molecule has 0 spiro atoms. The average Bonchev–Trinajstić information content (AvgIpc) is 3.25. The zero-order valence-corrected chi connectivity index (χ0v) is 10.6. The summed E-state index contributed by atoms with van der Waals surface area (Å²) in [6, 6.07) is 0.430. The Morgan fingerprint density at radius 1 is 1.33 bits per heavy atom. The molecule has 0 amide bonds. The molecule has 3 fully saturated rings. The maximum atomic E-state index is 12.2. The van der Waals surface area contributed by atoms with Gasteiger partial charge in [-0.25, -0.2) is 4.98 Å². The third kappa shape index (κ3) is 1.74. The molecular weight excluding hydrogens is 226 g/mol. The van der Waals surface area contributed by atoms with Gasteiger partial charge in [0.15, 0.2) is 5.82 Å². The van der Waals surface area contributed by atoms with Crippen LogP contribution >= 0.6 is 0 Å². The Morgan fingerprint density at radius 3 is 2.72 bits per heavy atom. The molecule has 3 aliphatic carbocycles. The third-order valence-corrected chi connectivity index (χ3v) is 4.75. The predicted octanol–water partition coefficient (Wildman–Crippen LogP) is 2.18. The van der Waals surface area contributed by atoms with Gasteiger partial charge in [0.2, 0.25) is 0 Å². The molecule has 4 heteroatoms. The van der Waals surface area contributed by atoms with Crippen LogP contribution in [0.4, 0.5) is 5.82 Å². The van der Waals surface area contributed by atoms with Gasteiger partial charge in [0.25, 0.3) is 5.56 Å². The first-order chi connectivity index (χ1) is 8.78. The molecule has 1 aromatic rings. The van der Waals surface area contributed by atoms with Gasteiger partial charge in [0.05, 0.1) is 0 Å². The van der Waals surface area contributed by atoms with E-state index >= 15 is 0 Å². The molecule has 96 valence electrons. The Bertz CT molecular complexity index is 524. The van der Waals surface area contributed by atoms with Crippen molar-refractivity contribution >= 4 is 5.82 Å². The summed E-state index contributed by atoms with van der Waals surface area (Å²) < 4.78 is 1.84. The molecule has 0 bridgehead atoms. The Morgan fingerprint density at radius 2 is 2.11 bits per heavy atom. The Hall–Kier alpha value is -1.32. The maximum absolute atomic E-state index is 12.2. The van der Waals surface area contributed by atoms with Crippen LogP contribution in [0.2, 0.25) is 0 Å². The number of rotatable bonds is 5. The molecule has 1 heterocycles. The van der Waals surface area contributed by atoms with Gasteiger partial charge < -0.3 is 9.88 Å². The lowest BCUT2D eigenvalue weighted by atomic mass is 10.0. The van der Waals surface area contributed by atoms with E-state index in [4.69, 9.17) is 0 Å². The van der Waals surface area contributed by atoms with Crippen molar-refractivity contribution in [1.82, 2.24) is 9.55 Å². The van der Waals surface area contributed by atoms with Gasteiger partial charge in [-0.05, 0) is 49.9 Å². The van der Waals surface area contributed by atoms with E-state index < -0.39 is 0 Å². The van der Waals surface area contributed by atoms with Gasteiger partial charge in [-0.1, -0.05) is 0 Å². The van der Waals surface area contributed by atoms with Gasteiger partial charge in [-0.3, -0.25) is 4.79 Å². The summed E-state index contributed by atoms with van der Waals surface area (Å²) in [5.74, 6) is 1.47. The smallest absolute Gasteiger partial charge is 0.293 e. The van der Waals surface area contributed by atoms with Gasteiger partial charge in [-0.15, -0.1) is 0 Å². The van der Waals surface area contributed by atoms with E-state index in [9.17, 15) is 4.79 Å². The number of nitrogens with one attached hydrogen (secondary N) is 1. The zero-order valence-electron chi connectivity index (χ0n) is 10.6. The minimum Gasteiger partial charge on any atom is -0.365 e. The van der Waals surface area contributed by atoms with E-state index in [-0.39, 0.29) is 5.56 Å². The van der Waals surface area contributed by atoms with Crippen LogP contribution < -0.4 is 10.9 Å². The Labute approximate surface area is 106 Å². The number of hydrogen-bond acceptors (Lipinski definition) is 3. The zero-order chi connectivity index (χ0) is 12.2. The normalized spacial score (nSPS) is 24.9. The van der Waals surface area contributed by atoms with Crippen LogP contribution in [-0.4, -0.2) is 16.1 Å². The van der Waals surface area contributed by atoms with E-state index in [2.05, 4.69) is 10.3 Å². The summed E-state index contributed by atoms with van der Waals surface area (Å²) in [4.78, 5) is 16.4. The van der Waals surface area contributed by atoms with Crippen LogP contribution in [-0.2, 0) is 0 Å². The van der Waals surface area contributed by atoms with E-state index in [0.29, 0.717) is 17.3 Å². The quantitative estimate of drug-likeness (QED) is 0.865. The lowest BCUT2D eigenvalue weighted by Gasteiger charge is -2.15. The summed E-state index contributed by atoms with van der Waals surface area (Å²) in [7, 11) is 0. The molecule has 4 rings (SSSR count). The van der Waals surface area contributed by atoms with Crippen LogP contribution in [0.25, 0.3) is 0 Å². The molecule has 0 atom stereocenters. The van der Waals surface area contributed by atoms with E-state index in [1.165, 1.54) is 25.7 Å². The SMILES string of the molecule is O=c1c(NCC2(C3CC3)CC2)nccn1C1CC1. The molecule has 0 radical (unpaired) electrons. The van der Waals surface area contributed by atoms with Crippen molar-refractivity contribution < 1.29 is 0 Å². The molecule has 3 saturated carbocycles. The Kier molecular flexibility index (Phi) is 2.11. The van der Waals surface area contributed by atoms with E-state index in [0.717, 1.165) is 25.3 Å². The molecule has 1 N–H and O–H groups in total. The first-order valence-corrected chi connectivity index (χ1v) is 7.10. The third-order valence-electron chi connectivity index (χ3n) is 4.75. The highest BCUT2D eigenvalue weighted by Gasteiger charge is 2.53. The average molecular weight is 245 g/mol. The first kappa shape index (κ1) is 10.6. The predicted molar refractivity (Wildman–Crippen MR) is 69.6 cm³/mol. The van der Waals surface area contributed by atoms with Gasteiger partial charge in [0, 0.05) is 25.0 Å². The fraction of sp³-hybridized carbons (Fsp3) is 0.714. The van der Waals surface area contributed by atoms with Gasteiger partial charge >= 0.3 is 0 Å².